The smallest absolute Gasteiger partial charge is 0.303 e. The van der Waals surface area contributed by atoms with Crippen molar-refractivity contribution in [2.75, 3.05) is 0 Å². The Morgan fingerprint density at radius 1 is 1.05 bits per heavy atom. The van der Waals surface area contributed by atoms with Gasteiger partial charge in [-0.15, -0.1) is 0 Å². The third-order valence-electron chi connectivity index (χ3n) is 3.73. The number of aliphatic carboxylic acids is 1. The van der Waals surface area contributed by atoms with E-state index in [2.05, 4.69) is 5.73 Å². The maximum absolute atomic E-state index is 10.9. The zero-order chi connectivity index (χ0) is 16.1. The first-order valence-corrected chi connectivity index (χ1v) is 7.79. The summed E-state index contributed by atoms with van der Waals surface area (Å²) in [7, 11) is 0. The molecule has 0 bridgehead atoms. The highest BCUT2D eigenvalue weighted by atomic mass is 35.5. The molecule has 0 aliphatic rings. The molecule has 0 unspecified atom stereocenters. The second kappa shape index (κ2) is 7.63. The monoisotopic (exact) mass is 338 g/mol. The van der Waals surface area contributed by atoms with Crippen LogP contribution in [0.1, 0.15) is 35.9 Å². The van der Waals surface area contributed by atoms with E-state index in [4.69, 9.17) is 28.3 Å². The molecule has 0 saturated carbocycles. The molecule has 2 aromatic carbocycles. The lowest BCUT2D eigenvalue weighted by Crippen LogP contribution is -2.56. The van der Waals surface area contributed by atoms with Gasteiger partial charge in [0, 0.05) is 27.9 Å². The highest BCUT2D eigenvalue weighted by Crippen LogP contribution is 2.33. The van der Waals surface area contributed by atoms with E-state index in [-0.39, 0.29) is 18.4 Å². The van der Waals surface area contributed by atoms with Crippen LogP contribution in [0.5, 0.6) is 0 Å². The van der Waals surface area contributed by atoms with Crippen molar-refractivity contribution in [2.45, 2.75) is 24.8 Å². The van der Waals surface area contributed by atoms with Gasteiger partial charge < -0.3 is 10.8 Å². The molecule has 0 aliphatic heterocycles. The van der Waals surface area contributed by atoms with Crippen LogP contribution in [0.4, 0.5) is 0 Å². The molecule has 2 atom stereocenters. The van der Waals surface area contributed by atoms with Crippen LogP contribution in [-0.4, -0.2) is 11.1 Å². The van der Waals surface area contributed by atoms with E-state index in [0.717, 1.165) is 11.1 Å². The molecular formula is C17H18Cl2NO2+. The van der Waals surface area contributed by atoms with Gasteiger partial charge in [-0.2, -0.15) is 0 Å². The number of carbonyl (C=O) groups is 1. The molecule has 0 amide bonds. The molecule has 0 saturated heterocycles. The lowest BCUT2D eigenvalue weighted by Gasteiger charge is -2.22. The molecule has 22 heavy (non-hydrogen) atoms. The second-order valence-corrected chi connectivity index (χ2v) is 6.12. The van der Waals surface area contributed by atoms with Crippen LogP contribution in [0.3, 0.4) is 0 Å². The Morgan fingerprint density at radius 2 is 1.73 bits per heavy atom. The minimum atomic E-state index is -0.810. The van der Waals surface area contributed by atoms with Crippen LogP contribution in [0, 0.1) is 0 Å². The van der Waals surface area contributed by atoms with Gasteiger partial charge in [-0.25, -0.2) is 0 Å². The number of hydrogen-bond acceptors (Lipinski definition) is 1. The van der Waals surface area contributed by atoms with Gasteiger partial charge in [0.2, 0.25) is 0 Å². The summed E-state index contributed by atoms with van der Waals surface area (Å²) in [5.41, 5.74) is 6.27. The first-order chi connectivity index (χ1) is 10.5. The third kappa shape index (κ3) is 4.47. The Labute approximate surface area is 139 Å². The molecule has 0 heterocycles. The first-order valence-electron chi connectivity index (χ1n) is 7.03. The number of hydrogen-bond donors (Lipinski definition) is 2. The number of rotatable bonds is 6. The Bertz CT molecular complexity index is 643. The van der Waals surface area contributed by atoms with Gasteiger partial charge in [0.05, 0.1) is 0 Å². The molecule has 3 nitrogen and oxygen atoms in total. The van der Waals surface area contributed by atoms with Crippen molar-refractivity contribution in [3.05, 3.63) is 69.7 Å². The molecular weight excluding hydrogens is 321 g/mol. The summed E-state index contributed by atoms with van der Waals surface area (Å²) in [6, 6.07) is 14.9. The molecule has 2 aromatic rings. The van der Waals surface area contributed by atoms with Gasteiger partial charge in [-0.1, -0.05) is 47.5 Å². The average Bonchev–Trinajstić information content (AvgIpc) is 2.48. The SMILES string of the molecule is [NH3+][C@H](c1ccc(Cl)cc1)[C@H](CCC(=O)O)c1cccc(Cl)c1. The van der Waals surface area contributed by atoms with E-state index >= 15 is 0 Å². The van der Waals surface area contributed by atoms with Crippen LogP contribution in [0.15, 0.2) is 48.5 Å². The molecule has 0 aromatic heterocycles. The van der Waals surface area contributed by atoms with E-state index in [1.165, 1.54) is 0 Å². The summed E-state index contributed by atoms with van der Waals surface area (Å²) >= 11 is 12.0. The summed E-state index contributed by atoms with van der Waals surface area (Å²) < 4.78 is 0. The van der Waals surface area contributed by atoms with Crippen molar-refractivity contribution < 1.29 is 15.6 Å². The van der Waals surface area contributed by atoms with E-state index in [1.54, 1.807) is 6.07 Å². The normalized spacial score (nSPS) is 13.6. The minimum absolute atomic E-state index is 0.0176. The van der Waals surface area contributed by atoms with Gasteiger partial charge >= 0.3 is 5.97 Å². The maximum Gasteiger partial charge on any atom is 0.303 e. The van der Waals surface area contributed by atoms with Gasteiger partial charge in [0.1, 0.15) is 6.04 Å². The summed E-state index contributed by atoms with van der Waals surface area (Å²) in [5, 5.41) is 10.3. The fourth-order valence-electron chi connectivity index (χ4n) is 2.56. The van der Waals surface area contributed by atoms with Crippen molar-refractivity contribution in [1.82, 2.24) is 0 Å². The Hall–Kier alpha value is -1.55. The molecule has 4 N–H and O–H groups in total. The van der Waals surface area contributed by atoms with Crippen LogP contribution >= 0.6 is 23.2 Å². The van der Waals surface area contributed by atoms with E-state index in [9.17, 15) is 4.79 Å². The topological polar surface area (TPSA) is 64.9 Å². The summed E-state index contributed by atoms with van der Waals surface area (Å²) in [6.45, 7) is 0. The summed E-state index contributed by atoms with van der Waals surface area (Å²) in [5.74, 6) is -0.827. The number of carboxylic acids is 1. The van der Waals surface area contributed by atoms with Crippen molar-refractivity contribution >= 4 is 29.2 Å². The van der Waals surface area contributed by atoms with Crippen LogP contribution in [0.25, 0.3) is 0 Å². The van der Waals surface area contributed by atoms with Crippen molar-refractivity contribution in [3.63, 3.8) is 0 Å². The zero-order valence-electron chi connectivity index (χ0n) is 12.0. The lowest BCUT2D eigenvalue weighted by molar-refractivity contribution is -0.433. The molecule has 0 spiro atoms. The molecule has 116 valence electrons. The number of quaternary nitrogens is 1. The summed E-state index contributed by atoms with van der Waals surface area (Å²) in [6.07, 6.45) is 0.600. The van der Waals surface area contributed by atoms with Gasteiger partial charge in [0.25, 0.3) is 0 Å². The Kier molecular flexibility index (Phi) is 5.83. The lowest BCUT2D eigenvalue weighted by atomic mass is 9.84. The fourth-order valence-corrected chi connectivity index (χ4v) is 2.88. The highest BCUT2D eigenvalue weighted by Gasteiger charge is 2.25. The van der Waals surface area contributed by atoms with Crippen molar-refractivity contribution in [2.24, 2.45) is 0 Å². The van der Waals surface area contributed by atoms with Gasteiger partial charge in [-0.3, -0.25) is 4.79 Å². The molecule has 0 aliphatic carbocycles. The standard InChI is InChI=1S/C17H17Cl2NO2/c18-13-6-4-11(5-7-13)17(20)15(8-9-16(21)22)12-2-1-3-14(19)10-12/h1-7,10,15,17H,8-9,20H2,(H,21,22)/p+1/t15-,17-/m1/s1. The fraction of sp³-hybridized carbons (Fsp3) is 0.235. The molecule has 5 heteroatoms. The van der Waals surface area contributed by atoms with Crippen LogP contribution in [0.2, 0.25) is 10.0 Å². The Morgan fingerprint density at radius 3 is 2.32 bits per heavy atom. The molecule has 0 fully saturated rings. The predicted molar refractivity (Wildman–Crippen MR) is 88.1 cm³/mol. The third-order valence-corrected chi connectivity index (χ3v) is 4.22. The predicted octanol–water partition coefficient (Wildman–Crippen LogP) is 3.93. The van der Waals surface area contributed by atoms with Crippen LogP contribution < -0.4 is 5.73 Å². The average molecular weight is 339 g/mol. The van der Waals surface area contributed by atoms with E-state index in [0.29, 0.717) is 16.5 Å². The van der Waals surface area contributed by atoms with Gasteiger partial charge in [0.15, 0.2) is 0 Å². The zero-order valence-corrected chi connectivity index (χ0v) is 13.5. The molecule has 2 rings (SSSR count). The number of halogens is 2. The van der Waals surface area contributed by atoms with E-state index in [1.807, 2.05) is 42.5 Å². The largest absolute Gasteiger partial charge is 0.481 e. The quantitative estimate of drug-likeness (QED) is 0.838. The molecule has 0 radical (unpaired) electrons. The number of carboxylic acid groups (broad SMARTS) is 1. The highest BCUT2D eigenvalue weighted by molar-refractivity contribution is 6.30. The summed E-state index contributed by atoms with van der Waals surface area (Å²) in [4.78, 5) is 10.9. The first kappa shape index (κ1) is 16.8. The second-order valence-electron chi connectivity index (χ2n) is 5.25. The van der Waals surface area contributed by atoms with Crippen LogP contribution in [-0.2, 0) is 4.79 Å². The Balaban J connectivity index is 2.30. The van der Waals surface area contributed by atoms with Crippen molar-refractivity contribution in [3.8, 4) is 0 Å². The number of benzene rings is 2. The van der Waals surface area contributed by atoms with Crippen molar-refractivity contribution in [1.29, 1.82) is 0 Å². The minimum Gasteiger partial charge on any atom is -0.481 e. The van der Waals surface area contributed by atoms with Gasteiger partial charge in [-0.05, 0) is 36.2 Å². The maximum atomic E-state index is 10.9. The van der Waals surface area contributed by atoms with E-state index < -0.39 is 5.97 Å².